The van der Waals surface area contributed by atoms with Crippen LogP contribution in [0.5, 0.6) is 0 Å². The fraction of sp³-hybridized carbons (Fsp3) is 0.750. The molecule has 0 spiro atoms. The molecule has 0 aromatic heterocycles. The van der Waals surface area contributed by atoms with Crippen LogP contribution in [0.25, 0.3) is 0 Å². The predicted octanol–water partition coefficient (Wildman–Crippen LogP) is 15.8. The lowest BCUT2D eigenvalue weighted by molar-refractivity contribution is -0.151. The number of hydrogen-bond donors (Lipinski definition) is 3. The van der Waals surface area contributed by atoms with Crippen molar-refractivity contribution in [2.45, 2.75) is 264 Å². The highest BCUT2D eigenvalue weighted by atomic mass is 16.5. The van der Waals surface area contributed by atoms with Crippen molar-refractivity contribution in [2.24, 2.45) is 0 Å². The molecule has 0 radical (unpaired) electrons. The van der Waals surface area contributed by atoms with E-state index in [-0.39, 0.29) is 24.9 Å². The van der Waals surface area contributed by atoms with Gasteiger partial charge in [-0.25, -0.2) is 0 Å². The zero-order valence-electron chi connectivity index (χ0n) is 40.7. The van der Waals surface area contributed by atoms with Gasteiger partial charge in [-0.2, -0.15) is 0 Å². The Morgan fingerprint density at radius 1 is 0.500 bits per heavy atom. The largest absolute Gasteiger partial charge is 0.462 e. The van der Waals surface area contributed by atoms with Crippen LogP contribution in [0.15, 0.2) is 72.9 Å². The van der Waals surface area contributed by atoms with Gasteiger partial charge in [-0.1, -0.05) is 216 Å². The molecule has 1 amide bonds. The number of ether oxygens (including phenoxy) is 1. The molecule has 3 N–H and O–H groups in total. The molecule has 0 bridgehead atoms. The van der Waals surface area contributed by atoms with E-state index >= 15 is 0 Å². The van der Waals surface area contributed by atoms with Gasteiger partial charge in [-0.15, -0.1) is 0 Å². The molecule has 0 heterocycles. The van der Waals surface area contributed by atoms with Crippen LogP contribution in [-0.4, -0.2) is 46.9 Å². The molecule has 0 fully saturated rings. The van der Waals surface area contributed by atoms with Crippen molar-refractivity contribution in [3.8, 4) is 0 Å². The summed E-state index contributed by atoms with van der Waals surface area (Å²) in [7, 11) is 0. The zero-order valence-corrected chi connectivity index (χ0v) is 40.7. The van der Waals surface area contributed by atoms with Gasteiger partial charge in [0.1, 0.15) is 6.10 Å². The summed E-state index contributed by atoms with van der Waals surface area (Å²) in [6.07, 6.45) is 62.5. The van der Waals surface area contributed by atoms with Crippen LogP contribution in [-0.2, 0) is 14.3 Å². The average molecular weight is 866 g/mol. The van der Waals surface area contributed by atoms with E-state index in [1.807, 2.05) is 0 Å². The summed E-state index contributed by atoms with van der Waals surface area (Å²) in [6.45, 7) is 6.34. The van der Waals surface area contributed by atoms with E-state index in [0.717, 1.165) is 103 Å². The van der Waals surface area contributed by atoms with Crippen LogP contribution >= 0.6 is 0 Å². The maximum absolute atomic E-state index is 13.2. The van der Waals surface area contributed by atoms with Gasteiger partial charge in [0, 0.05) is 6.42 Å². The van der Waals surface area contributed by atoms with Crippen molar-refractivity contribution in [3.63, 3.8) is 0 Å². The molecule has 358 valence electrons. The molecular formula is C56H99NO5. The number of amides is 1. The summed E-state index contributed by atoms with van der Waals surface area (Å²) in [5.41, 5.74) is 0. The number of allylic oxidation sites excluding steroid dienone is 12. The number of hydrogen-bond acceptors (Lipinski definition) is 5. The van der Waals surface area contributed by atoms with Crippen molar-refractivity contribution in [2.75, 3.05) is 6.61 Å². The van der Waals surface area contributed by atoms with Crippen molar-refractivity contribution in [1.29, 1.82) is 0 Å². The Kier molecular flexibility index (Phi) is 47.2. The fourth-order valence-corrected chi connectivity index (χ4v) is 7.59. The molecule has 0 saturated carbocycles. The highest BCUT2D eigenvalue weighted by molar-refractivity contribution is 5.77. The summed E-state index contributed by atoms with van der Waals surface area (Å²) in [5.74, 6) is -0.538. The number of aliphatic hydroxyl groups is 2. The monoisotopic (exact) mass is 866 g/mol. The number of esters is 1. The lowest BCUT2D eigenvalue weighted by Crippen LogP contribution is -2.46. The predicted molar refractivity (Wildman–Crippen MR) is 268 cm³/mol. The lowest BCUT2D eigenvalue weighted by atomic mass is 10.0. The second-order valence-electron chi connectivity index (χ2n) is 17.6. The molecular weight excluding hydrogens is 767 g/mol. The number of carbonyl (C=O) groups excluding carboxylic acids is 2. The molecule has 3 atom stereocenters. The van der Waals surface area contributed by atoms with Gasteiger partial charge in [0.2, 0.25) is 5.91 Å². The van der Waals surface area contributed by atoms with Crippen LogP contribution in [0.1, 0.15) is 245 Å². The second kappa shape index (κ2) is 49.3. The van der Waals surface area contributed by atoms with Crippen molar-refractivity contribution >= 4 is 11.9 Å². The van der Waals surface area contributed by atoms with Crippen LogP contribution in [0.3, 0.4) is 0 Å². The van der Waals surface area contributed by atoms with Gasteiger partial charge in [-0.3, -0.25) is 9.59 Å². The molecule has 6 nitrogen and oxygen atoms in total. The Morgan fingerprint density at radius 3 is 1.44 bits per heavy atom. The first-order valence-corrected chi connectivity index (χ1v) is 26.2. The smallest absolute Gasteiger partial charge is 0.306 e. The summed E-state index contributed by atoms with van der Waals surface area (Å²) >= 11 is 0. The van der Waals surface area contributed by atoms with E-state index < -0.39 is 18.2 Å². The minimum Gasteiger partial charge on any atom is -0.462 e. The van der Waals surface area contributed by atoms with E-state index in [4.69, 9.17) is 4.74 Å². The topological polar surface area (TPSA) is 95.9 Å². The normalized spacial score (nSPS) is 13.8. The average Bonchev–Trinajstić information content (AvgIpc) is 3.26. The van der Waals surface area contributed by atoms with Crippen LogP contribution in [0.4, 0.5) is 0 Å². The highest BCUT2D eigenvalue weighted by Gasteiger charge is 2.24. The van der Waals surface area contributed by atoms with E-state index in [9.17, 15) is 19.8 Å². The number of aliphatic hydroxyl groups excluding tert-OH is 2. The van der Waals surface area contributed by atoms with Gasteiger partial charge >= 0.3 is 5.97 Å². The number of nitrogens with one attached hydrogen (secondary N) is 1. The summed E-state index contributed by atoms with van der Waals surface area (Å²) < 4.78 is 5.91. The zero-order chi connectivity index (χ0) is 45.2. The number of carbonyl (C=O) groups is 2. The van der Waals surface area contributed by atoms with Gasteiger partial charge in [0.25, 0.3) is 0 Å². The third-order valence-electron chi connectivity index (χ3n) is 11.5. The van der Waals surface area contributed by atoms with E-state index in [1.165, 1.54) is 96.3 Å². The fourth-order valence-electron chi connectivity index (χ4n) is 7.59. The van der Waals surface area contributed by atoms with Gasteiger partial charge in [-0.05, 0) is 89.9 Å². The van der Waals surface area contributed by atoms with Crippen molar-refractivity contribution in [3.05, 3.63) is 72.9 Å². The van der Waals surface area contributed by atoms with E-state index in [2.05, 4.69) is 99.0 Å². The second-order valence-corrected chi connectivity index (χ2v) is 17.6. The quantitative estimate of drug-likeness (QED) is 0.0245. The Balaban J connectivity index is 4.71. The Labute approximate surface area is 383 Å². The third-order valence-corrected chi connectivity index (χ3v) is 11.5. The summed E-state index contributed by atoms with van der Waals surface area (Å²) in [5, 5.41) is 23.7. The molecule has 0 aromatic rings. The van der Waals surface area contributed by atoms with Crippen LogP contribution in [0.2, 0.25) is 0 Å². The maximum atomic E-state index is 13.2. The van der Waals surface area contributed by atoms with Gasteiger partial charge < -0.3 is 20.3 Å². The van der Waals surface area contributed by atoms with E-state index in [1.54, 1.807) is 0 Å². The summed E-state index contributed by atoms with van der Waals surface area (Å²) in [6, 6.07) is -0.719. The molecule has 0 saturated heterocycles. The van der Waals surface area contributed by atoms with Gasteiger partial charge in [0.05, 0.1) is 25.2 Å². The molecule has 0 rings (SSSR count). The minimum atomic E-state index is -0.802. The van der Waals surface area contributed by atoms with E-state index in [0.29, 0.717) is 19.3 Å². The summed E-state index contributed by atoms with van der Waals surface area (Å²) in [4.78, 5) is 26.1. The van der Waals surface area contributed by atoms with Crippen molar-refractivity contribution in [1.82, 2.24) is 5.32 Å². The Bertz CT molecular complexity index is 1150. The molecule has 0 aliphatic carbocycles. The number of unbranched alkanes of at least 4 members (excludes halogenated alkanes) is 23. The molecule has 0 aliphatic heterocycles. The first-order valence-electron chi connectivity index (χ1n) is 26.2. The number of rotatable bonds is 46. The Morgan fingerprint density at radius 2 is 0.919 bits per heavy atom. The Hall–Kier alpha value is -2.70. The maximum Gasteiger partial charge on any atom is 0.306 e. The third kappa shape index (κ3) is 43.9. The highest BCUT2D eigenvalue weighted by Crippen LogP contribution is 2.17. The standard InChI is InChI=1S/C56H99NO5/c1-4-7-10-13-16-19-22-24-26-28-30-33-35-38-41-44-47-52(62-56(61)49-46-43-40-37-34-31-29-27-25-23-20-17-14-11-8-5-2)50-55(60)57-53(51-58)54(59)48-45-42-39-36-32-21-18-15-12-9-6-3/h8,11,17,20,25-28,30-31,33-34,52-54,58-59H,4-7,9-10,12-16,18-19,21-24,29,32,35-51H2,1-3H3,(H,57,60)/b11-8+,20-17+,27-25+,28-26+,33-30+,34-31+. The molecule has 6 heteroatoms. The van der Waals surface area contributed by atoms with Crippen molar-refractivity contribution < 1.29 is 24.5 Å². The lowest BCUT2D eigenvalue weighted by Gasteiger charge is -2.24. The molecule has 62 heavy (non-hydrogen) atoms. The molecule has 3 unspecified atom stereocenters. The SMILES string of the molecule is CC/C=C/C/C=C/C/C=C/C/C=C/CCCCCC(=O)OC(CCCCC/C=C/C=C/CCCCCCCCC)CC(=O)NC(CO)C(O)CCCCCCCCCCCCC. The first-order chi connectivity index (χ1) is 30.5. The molecule has 0 aromatic carbocycles. The van der Waals surface area contributed by atoms with Crippen LogP contribution < -0.4 is 5.32 Å². The van der Waals surface area contributed by atoms with Gasteiger partial charge in [0.15, 0.2) is 0 Å². The molecule has 0 aliphatic rings. The first kappa shape index (κ1) is 59.3. The van der Waals surface area contributed by atoms with Crippen LogP contribution in [0, 0.1) is 0 Å². The minimum absolute atomic E-state index is 0.0443.